The highest BCUT2D eigenvalue weighted by molar-refractivity contribution is 7.10. The molecule has 1 aromatic heterocycles. The highest BCUT2D eigenvalue weighted by atomic mass is 32.1. The standard InChI is InChI=1S/C16H19NOS/c1-2-10-17(12-14-7-4-3-5-8-14)13-15(18)16-9-6-11-19-16/h2-9,11,15,18H,1,10,12-13H2. The van der Waals surface area contributed by atoms with E-state index in [1.165, 1.54) is 5.56 Å². The Hall–Kier alpha value is -1.42. The molecule has 1 N–H and O–H groups in total. The molecule has 0 bridgehead atoms. The molecule has 0 radical (unpaired) electrons. The van der Waals surface area contributed by atoms with E-state index in [0.717, 1.165) is 18.0 Å². The van der Waals surface area contributed by atoms with E-state index in [1.807, 2.05) is 41.8 Å². The minimum Gasteiger partial charge on any atom is -0.386 e. The molecule has 100 valence electrons. The van der Waals surface area contributed by atoms with Crippen LogP contribution >= 0.6 is 11.3 Å². The molecule has 3 heteroatoms. The third-order valence-corrected chi connectivity index (χ3v) is 3.91. The second-order valence-corrected chi connectivity index (χ2v) is 5.48. The molecule has 1 aromatic carbocycles. The number of hydrogen-bond acceptors (Lipinski definition) is 3. The van der Waals surface area contributed by atoms with Gasteiger partial charge in [0.2, 0.25) is 0 Å². The summed E-state index contributed by atoms with van der Waals surface area (Å²) in [6.07, 6.45) is 1.45. The summed E-state index contributed by atoms with van der Waals surface area (Å²) in [5.74, 6) is 0. The fourth-order valence-electron chi connectivity index (χ4n) is 2.04. The van der Waals surface area contributed by atoms with Crippen molar-refractivity contribution in [2.75, 3.05) is 13.1 Å². The maximum absolute atomic E-state index is 10.2. The Morgan fingerprint density at radius 1 is 1.21 bits per heavy atom. The van der Waals surface area contributed by atoms with Crippen LogP contribution in [0.25, 0.3) is 0 Å². The van der Waals surface area contributed by atoms with Gasteiger partial charge in [-0.1, -0.05) is 42.5 Å². The predicted molar refractivity (Wildman–Crippen MR) is 81.2 cm³/mol. The number of benzene rings is 1. The summed E-state index contributed by atoms with van der Waals surface area (Å²) in [7, 11) is 0. The van der Waals surface area contributed by atoms with E-state index in [1.54, 1.807) is 11.3 Å². The van der Waals surface area contributed by atoms with E-state index in [9.17, 15) is 5.11 Å². The van der Waals surface area contributed by atoms with Crippen molar-refractivity contribution in [3.63, 3.8) is 0 Å². The van der Waals surface area contributed by atoms with Crippen molar-refractivity contribution in [1.29, 1.82) is 0 Å². The number of thiophene rings is 1. The first-order valence-electron chi connectivity index (χ1n) is 6.38. The van der Waals surface area contributed by atoms with Crippen LogP contribution in [0, 0.1) is 0 Å². The summed E-state index contributed by atoms with van der Waals surface area (Å²) < 4.78 is 0. The Morgan fingerprint density at radius 2 is 2.00 bits per heavy atom. The van der Waals surface area contributed by atoms with E-state index < -0.39 is 6.10 Å². The highest BCUT2D eigenvalue weighted by Gasteiger charge is 2.13. The van der Waals surface area contributed by atoms with Crippen LogP contribution < -0.4 is 0 Å². The molecule has 0 aliphatic heterocycles. The van der Waals surface area contributed by atoms with Gasteiger partial charge in [0.1, 0.15) is 6.10 Å². The first kappa shape index (κ1) is 14.0. The topological polar surface area (TPSA) is 23.5 Å². The summed E-state index contributed by atoms with van der Waals surface area (Å²) in [5.41, 5.74) is 1.25. The van der Waals surface area contributed by atoms with Crippen LogP contribution in [0.5, 0.6) is 0 Å². The zero-order valence-corrected chi connectivity index (χ0v) is 11.7. The molecule has 0 aliphatic carbocycles. The van der Waals surface area contributed by atoms with Crippen LogP contribution in [-0.2, 0) is 6.54 Å². The van der Waals surface area contributed by atoms with Gasteiger partial charge in [-0.3, -0.25) is 4.90 Å². The number of aliphatic hydroxyl groups excluding tert-OH is 1. The van der Waals surface area contributed by atoms with E-state index in [-0.39, 0.29) is 0 Å². The minimum absolute atomic E-state index is 0.427. The molecule has 1 unspecified atom stereocenters. The van der Waals surface area contributed by atoms with Crippen LogP contribution in [0.1, 0.15) is 16.5 Å². The Morgan fingerprint density at radius 3 is 2.63 bits per heavy atom. The van der Waals surface area contributed by atoms with Crippen molar-refractivity contribution in [3.8, 4) is 0 Å². The zero-order chi connectivity index (χ0) is 13.5. The van der Waals surface area contributed by atoms with Crippen LogP contribution in [0.4, 0.5) is 0 Å². The fourth-order valence-corrected chi connectivity index (χ4v) is 2.75. The molecule has 0 fully saturated rings. The van der Waals surface area contributed by atoms with Crippen LogP contribution in [0.15, 0.2) is 60.5 Å². The quantitative estimate of drug-likeness (QED) is 0.781. The van der Waals surface area contributed by atoms with Gasteiger partial charge in [-0.15, -0.1) is 17.9 Å². The molecule has 19 heavy (non-hydrogen) atoms. The van der Waals surface area contributed by atoms with Crippen molar-refractivity contribution >= 4 is 11.3 Å². The molecular weight excluding hydrogens is 254 g/mol. The summed E-state index contributed by atoms with van der Waals surface area (Å²) in [5, 5.41) is 12.2. The SMILES string of the molecule is C=CCN(Cc1ccccc1)CC(O)c1cccs1. The maximum Gasteiger partial charge on any atom is 0.101 e. The van der Waals surface area contributed by atoms with Crippen molar-refractivity contribution in [2.45, 2.75) is 12.6 Å². The average Bonchev–Trinajstić information content (AvgIpc) is 2.94. The summed E-state index contributed by atoms with van der Waals surface area (Å²) in [4.78, 5) is 3.22. The summed E-state index contributed by atoms with van der Waals surface area (Å²) >= 11 is 1.59. The number of rotatable bonds is 7. The molecule has 2 nitrogen and oxygen atoms in total. The van der Waals surface area contributed by atoms with E-state index >= 15 is 0 Å². The third-order valence-electron chi connectivity index (χ3n) is 2.94. The maximum atomic E-state index is 10.2. The van der Waals surface area contributed by atoms with E-state index in [2.05, 4.69) is 23.6 Å². The average molecular weight is 273 g/mol. The normalized spacial score (nSPS) is 12.5. The number of hydrogen-bond donors (Lipinski definition) is 1. The second kappa shape index (κ2) is 7.24. The second-order valence-electron chi connectivity index (χ2n) is 4.50. The van der Waals surface area contributed by atoms with Gasteiger partial charge in [-0.25, -0.2) is 0 Å². The molecule has 1 atom stereocenters. The van der Waals surface area contributed by atoms with Crippen molar-refractivity contribution < 1.29 is 5.11 Å². The summed E-state index contributed by atoms with van der Waals surface area (Å²) in [6.45, 7) is 6.02. The fraction of sp³-hybridized carbons (Fsp3) is 0.250. The predicted octanol–water partition coefficient (Wildman–Crippen LogP) is 3.47. The molecule has 0 aliphatic rings. The number of nitrogens with zero attached hydrogens (tertiary/aromatic N) is 1. The molecule has 2 aromatic rings. The Labute approximate surface area is 118 Å². The first-order chi connectivity index (χ1) is 9.29. The molecule has 0 spiro atoms. The lowest BCUT2D eigenvalue weighted by molar-refractivity contribution is 0.119. The smallest absolute Gasteiger partial charge is 0.101 e. The van der Waals surface area contributed by atoms with Gasteiger partial charge < -0.3 is 5.11 Å². The van der Waals surface area contributed by atoms with Crippen LogP contribution in [0.2, 0.25) is 0 Å². The molecule has 1 heterocycles. The molecule has 0 amide bonds. The lowest BCUT2D eigenvalue weighted by Crippen LogP contribution is -2.28. The van der Waals surface area contributed by atoms with E-state index in [0.29, 0.717) is 6.54 Å². The molecule has 2 rings (SSSR count). The first-order valence-corrected chi connectivity index (χ1v) is 7.26. The minimum atomic E-state index is -0.427. The monoisotopic (exact) mass is 273 g/mol. The molecule has 0 saturated carbocycles. The van der Waals surface area contributed by atoms with Gasteiger partial charge in [-0.2, -0.15) is 0 Å². The largest absolute Gasteiger partial charge is 0.386 e. The van der Waals surface area contributed by atoms with E-state index in [4.69, 9.17) is 0 Å². The van der Waals surface area contributed by atoms with Gasteiger partial charge in [0, 0.05) is 24.5 Å². The zero-order valence-electron chi connectivity index (χ0n) is 10.9. The van der Waals surface area contributed by atoms with Gasteiger partial charge in [0.15, 0.2) is 0 Å². The molecular formula is C16H19NOS. The highest BCUT2D eigenvalue weighted by Crippen LogP contribution is 2.20. The van der Waals surface area contributed by atoms with Crippen LogP contribution in [0.3, 0.4) is 0 Å². The number of aliphatic hydroxyl groups is 1. The third kappa shape index (κ3) is 4.31. The van der Waals surface area contributed by atoms with Crippen LogP contribution in [-0.4, -0.2) is 23.1 Å². The van der Waals surface area contributed by atoms with Crippen molar-refractivity contribution in [3.05, 3.63) is 70.9 Å². The van der Waals surface area contributed by atoms with Gasteiger partial charge in [0.05, 0.1) is 0 Å². The Bertz CT molecular complexity index is 481. The van der Waals surface area contributed by atoms with Crippen molar-refractivity contribution in [2.24, 2.45) is 0 Å². The van der Waals surface area contributed by atoms with Crippen molar-refractivity contribution in [1.82, 2.24) is 4.90 Å². The lowest BCUT2D eigenvalue weighted by Gasteiger charge is -2.23. The van der Waals surface area contributed by atoms with Gasteiger partial charge in [0.25, 0.3) is 0 Å². The lowest BCUT2D eigenvalue weighted by atomic mass is 10.2. The molecule has 0 saturated heterocycles. The van der Waals surface area contributed by atoms with Gasteiger partial charge in [-0.05, 0) is 17.0 Å². The Kier molecular flexibility index (Phi) is 5.33. The Balaban J connectivity index is 1.98. The summed E-state index contributed by atoms with van der Waals surface area (Å²) in [6, 6.07) is 14.2. The van der Waals surface area contributed by atoms with Gasteiger partial charge >= 0.3 is 0 Å².